The van der Waals surface area contributed by atoms with Gasteiger partial charge in [-0.05, 0) is 0 Å². The predicted molar refractivity (Wildman–Crippen MR) is 35.4 cm³/mol. The molecule has 3 nitrogen and oxygen atoms in total. The summed E-state index contributed by atoms with van der Waals surface area (Å²) in [6.07, 6.45) is -2.85. The number of hydrogen-bond acceptors (Lipinski definition) is 4. The van der Waals surface area contributed by atoms with Crippen LogP contribution < -0.4 is 0 Å². The summed E-state index contributed by atoms with van der Waals surface area (Å²) in [7, 11) is 0. The molecular weight excluding hydrogens is 159 g/mol. The van der Waals surface area contributed by atoms with Crippen LogP contribution in [0.2, 0.25) is 0 Å². The summed E-state index contributed by atoms with van der Waals surface area (Å²) in [4.78, 5) is 0. The largest absolute Gasteiger partial charge is 0.395 e. The van der Waals surface area contributed by atoms with Crippen molar-refractivity contribution in [3.8, 4) is 0 Å². The molecule has 3 N–H and O–H groups in total. The second kappa shape index (κ2) is 3.04. The first-order chi connectivity index (χ1) is 4.66. The van der Waals surface area contributed by atoms with Crippen LogP contribution in [0.4, 0.5) is 4.39 Å². The molecule has 1 fully saturated rings. The molecule has 0 amide bonds. The Morgan fingerprint density at radius 2 is 2.00 bits per heavy atom. The van der Waals surface area contributed by atoms with Crippen LogP contribution in [0.3, 0.4) is 0 Å². The van der Waals surface area contributed by atoms with Gasteiger partial charge in [0, 0.05) is 0 Å². The van der Waals surface area contributed by atoms with E-state index >= 15 is 0 Å². The van der Waals surface area contributed by atoms with Crippen LogP contribution >= 0.6 is 11.8 Å². The zero-order chi connectivity index (χ0) is 7.72. The zero-order valence-corrected chi connectivity index (χ0v) is 5.96. The van der Waals surface area contributed by atoms with Gasteiger partial charge in [-0.15, -0.1) is 11.8 Å². The molecule has 1 aliphatic heterocycles. The maximum Gasteiger partial charge on any atom is 0.162 e. The third-order valence-electron chi connectivity index (χ3n) is 1.47. The lowest BCUT2D eigenvalue weighted by Crippen LogP contribution is -2.30. The average molecular weight is 168 g/mol. The predicted octanol–water partition coefficient (Wildman–Crippen LogP) is -0.889. The van der Waals surface area contributed by atoms with Crippen LogP contribution in [-0.4, -0.2) is 44.9 Å². The Hall–Kier alpha value is 0.160. The van der Waals surface area contributed by atoms with E-state index in [1.165, 1.54) is 0 Å². The van der Waals surface area contributed by atoms with E-state index in [0.717, 1.165) is 11.8 Å². The number of thioether (sulfide) groups is 1. The molecule has 1 saturated heterocycles. The number of halogens is 1. The summed E-state index contributed by atoms with van der Waals surface area (Å²) in [6.45, 7) is -0.302. The van der Waals surface area contributed by atoms with Crippen molar-refractivity contribution in [3.05, 3.63) is 0 Å². The van der Waals surface area contributed by atoms with Gasteiger partial charge in [0.15, 0.2) is 6.17 Å². The number of hydrogen-bond donors (Lipinski definition) is 3. The highest BCUT2D eigenvalue weighted by Gasteiger charge is 2.42. The van der Waals surface area contributed by atoms with Crippen molar-refractivity contribution in [2.45, 2.75) is 23.0 Å². The molecule has 0 saturated carbocycles. The van der Waals surface area contributed by atoms with Crippen LogP contribution in [0.5, 0.6) is 0 Å². The summed E-state index contributed by atoms with van der Waals surface area (Å²) in [6, 6.07) is 0. The van der Waals surface area contributed by atoms with Crippen LogP contribution in [0.1, 0.15) is 0 Å². The molecule has 0 aromatic carbocycles. The van der Waals surface area contributed by atoms with Gasteiger partial charge < -0.3 is 15.3 Å². The standard InChI is InChI=1S/C5H9FO3S/c6-3-4(8)2(1-7)10-5(3)9/h2-5,7-9H,1H2/t2-,3?,4-,5?/m1/s1. The Labute approximate surface area is 61.9 Å². The first-order valence-corrected chi connectivity index (χ1v) is 3.87. The highest BCUT2D eigenvalue weighted by molar-refractivity contribution is 8.00. The van der Waals surface area contributed by atoms with Gasteiger partial charge in [-0.1, -0.05) is 0 Å². The number of aliphatic hydroxyl groups excluding tert-OH is 3. The average Bonchev–Trinajstić information content (AvgIpc) is 2.17. The Morgan fingerprint density at radius 3 is 2.20 bits per heavy atom. The van der Waals surface area contributed by atoms with Gasteiger partial charge in [0.25, 0.3) is 0 Å². The quantitative estimate of drug-likeness (QED) is 0.475. The van der Waals surface area contributed by atoms with Gasteiger partial charge in [0.05, 0.1) is 11.9 Å². The number of aliphatic hydroxyl groups is 3. The minimum Gasteiger partial charge on any atom is -0.395 e. The van der Waals surface area contributed by atoms with Crippen molar-refractivity contribution >= 4 is 11.8 Å². The van der Waals surface area contributed by atoms with E-state index in [0.29, 0.717) is 0 Å². The summed E-state index contributed by atoms with van der Waals surface area (Å²) in [5, 5.41) is 25.6. The maximum atomic E-state index is 12.5. The lowest BCUT2D eigenvalue weighted by molar-refractivity contribution is 0.0335. The molecular formula is C5H9FO3S. The zero-order valence-electron chi connectivity index (χ0n) is 5.14. The van der Waals surface area contributed by atoms with Gasteiger partial charge in [0.2, 0.25) is 0 Å². The molecule has 5 heteroatoms. The second-order valence-electron chi connectivity index (χ2n) is 2.18. The van der Waals surface area contributed by atoms with Gasteiger partial charge in [-0.3, -0.25) is 0 Å². The van der Waals surface area contributed by atoms with Gasteiger partial charge in [-0.2, -0.15) is 0 Å². The van der Waals surface area contributed by atoms with Gasteiger partial charge in [0.1, 0.15) is 11.5 Å². The molecule has 4 atom stereocenters. The molecule has 0 aromatic heterocycles. The summed E-state index contributed by atoms with van der Waals surface area (Å²) < 4.78 is 12.5. The molecule has 0 bridgehead atoms. The molecule has 10 heavy (non-hydrogen) atoms. The van der Waals surface area contributed by atoms with E-state index in [9.17, 15) is 4.39 Å². The molecule has 1 rings (SSSR count). The highest BCUT2D eigenvalue weighted by Crippen LogP contribution is 2.34. The van der Waals surface area contributed by atoms with E-state index in [-0.39, 0.29) is 6.61 Å². The summed E-state index contributed by atoms with van der Waals surface area (Å²) in [5.74, 6) is 0. The fraction of sp³-hybridized carbons (Fsp3) is 1.00. The molecule has 1 heterocycles. The summed E-state index contributed by atoms with van der Waals surface area (Å²) >= 11 is 0.862. The van der Waals surface area contributed by atoms with Crippen LogP contribution in [-0.2, 0) is 0 Å². The monoisotopic (exact) mass is 168 g/mol. The van der Waals surface area contributed by atoms with E-state index in [1.54, 1.807) is 0 Å². The van der Waals surface area contributed by atoms with Crippen LogP contribution in [0, 0.1) is 0 Å². The molecule has 0 spiro atoms. The lowest BCUT2D eigenvalue weighted by atomic mass is 10.2. The van der Waals surface area contributed by atoms with Crippen molar-refractivity contribution in [1.29, 1.82) is 0 Å². The second-order valence-corrected chi connectivity index (χ2v) is 3.54. The Bertz CT molecular complexity index is 123. The molecule has 60 valence electrons. The molecule has 0 aromatic rings. The van der Waals surface area contributed by atoms with E-state index < -0.39 is 23.0 Å². The van der Waals surface area contributed by atoms with E-state index in [1.807, 2.05) is 0 Å². The number of alkyl halides is 1. The smallest absolute Gasteiger partial charge is 0.162 e. The van der Waals surface area contributed by atoms with Crippen molar-refractivity contribution in [2.75, 3.05) is 6.61 Å². The van der Waals surface area contributed by atoms with Crippen molar-refractivity contribution in [1.82, 2.24) is 0 Å². The fourth-order valence-corrected chi connectivity index (χ4v) is 1.93. The molecule has 1 aliphatic rings. The minimum absolute atomic E-state index is 0.302. The molecule has 0 aliphatic carbocycles. The van der Waals surface area contributed by atoms with Crippen molar-refractivity contribution < 1.29 is 19.7 Å². The maximum absolute atomic E-state index is 12.5. The Kier molecular flexibility index (Phi) is 2.51. The Balaban J connectivity index is 2.53. The van der Waals surface area contributed by atoms with Gasteiger partial charge >= 0.3 is 0 Å². The van der Waals surface area contributed by atoms with E-state index in [2.05, 4.69) is 0 Å². The fourth-order valence-electron chi connectivity index (χ4n) is 0.859. The molecule has 2 unspecified atom stereocenters. The van der Waals surface area contributed by atoms with E-state index in [4.69, 9.17) is 15.3 Å². The van der Waals surface area contributed by atoms with Crippen LogP contribution in [0.25, 0.3) is 0 Å². The van der Waals surface area contributed by atoms with Crippen molar-refractivity contribution in [3.63, 3.8) is 0 Å². The third-order valence-corrected chi connectivity index (χ3v) is 2.79. The first-order valence-electron chi connectivity index (χ1n) is 2.93. The Morgan fingerprint density at radius 1 is 1.40 bits per heavy atom. The minimum atomic E-state index is -1.62. The first kappa shape index (κ1) is 8.26. The van der Waals surface area contributed by atoms with Crippen molar-refractivity contribution in [2.24, 2.45) is 0 Å². The van der Waals surface area contributed by atoms with Crippen LogP contribution in [0.15, 0.2) is 0 Å². The normalized spacial score (nSPS) is 48.0. The third kappa shape index (κ3) is 1.27. The SMILES string of the molecule is OC[C@H]1SC(O)C(F)[C@@H]1O. The lowest BCUT2D eigenvalue weighted by Gasteiger charge is -2.09. The molecule has 0 radical (unpaired) electrons. The summed E-state index contributed by atoms with van der Waals surface area (Å²) in [5.41, 5.74) is -1.19. The topological polar surface area (TPSA) is 60.7 Å². The highest BCUT2D eigenvalue weighted by atomic mass is 32.2. The number of rotatable bonds is 1. The van der Waals surface area contributed by atoms with Gasteiger partial charge in [-0.25, -0.2) is 4.39 Å².